The Labute approximate surface area is 220 Å². The first-order valence-corrected chi connectivity index (χ1v) is 15.1. The fourth-order valence-electron chi connectivity index (χ4n) is 5.15. The maximum atomic E-state index is 14.0. The van der Waals surface area contributed by atoms with Crippen LogP contribution in [0.25, 0.3) is 0 Å². The molecule has 0 radical (unpaired) electrons. The van der Waals surface area contributed by atoms with E-state index in [0.29, 0.717) is 17.6 Å². The topological polar surface area (TPSA) is 9.23 Å². The highest BCUT2D eigenvalue weighted by molar-refractivity contribution is 9.10. The zero-order chi connectivity index (χ0) is 25.3. The summed E-state index contributed by atoms with van der Waals surface area (Å²) in [5.74, 6) is -0.201. The number of unbranched alkanes of at least 4 members (excludes halogenated alkanes) is 8. The van der Waals surface area contributed by atoms with Crippen molar-refractivity contribution in [3.8, 4) is 0 Å². The van der Waals surface area contributed by atoms with Crippen molar-refractivity contribution in [2.75, 3.05) is 0 Å². The highest BCUT2D eigenvalue weighted by Crippen LogP contribution is 2.41. The molecule has 0 heterocycles. The van der Waals surface area contributed by atoms with Crippen LogP contribution >= 0.6 is 15.9 Å². The fraction of sp³-hybridized carbons (Fsp3) is 0.806. The first-order chi connectivity index (χ1) is 16.3. The molecule has 0 aliphatic rings. The molecule has 1 aromatic rings. The molecule has 0 aliphatic heterocycles. The lowest BCUT2D eigenvalue weighted by Crippen LogP contribution is -2.24. The summed E-state index contributed by atoms with van der Waals surface area (Å²) in [4.78, 5) is 0. The van der Waals surface area contributed by atoms with Gasteiger partial charge in [0.25, 0.3) is 0 Å². The van der Waals surface area contributed by atoms with Gasteiger partial charge >= 0.3 is 0 Å². The summed E-state index contributed by atoms with van der Waals surface area (Å²) in [7, 11) is 0. The van der Waals surface area contributed by atoms with E-state index in [9.17, 15) is 4.39 Å². The van der Waals surface area contributed by atoms with E-state index in [1.54, 1.807) is 6.07 Å². The Morgan fingerprint density at radius 3 is 1.68 bits per heavy atom. The van der Waals surface area contributed by atoms with Gasteiger partial charge in [-0.3, -0.25) is 0 Å². The van der Waals surface area contributed by atoms with Crippen molar-refractivity contribution in [1.82, 2.24) is 0 Å². The van der Waals surface area contributed by atoms with Gasteiger partial charge in [0.05, 0.1) is 12.2 Å². The van der Waals surface area contributed by atoms with E-state index in [1.807, 2.05) is 6.07 Å². The molecule has 0 fully saturated rings. The van der Waals surface area contributed by atoms with Gasteiger partial charge in [-0.2, -0.15) is 0 Å². The first kappa shape index (κ1) is 31.6. The lowest BCUT2D eigenvalue weighted by atomic mass is 9.71. The van der Waals surface area contributed by atoms with E-state index in [1.165, 1.54) is 109 Å². The van der Waals surface area contributed by atoms with Crippen LogP contribution in [0.2, 0.25) is 0 Å². The number of hydrogen-bond donors (Lipinski definition) is 0. The van der Waals surface area contributed by atoms with Crippen LogP contribution in [0.15, 0.2) is 22.7 Å². The second kappa shape index (κ2) is 17.9. The molecule has 0 atom stereocenters. The summed E-state index contributed by atoms with van der Waals surface area (Å²) in [5.41, 5.74) is 1.04. The SMILES string of the molecule is CCCCC(CCCC)(CCCC)CCCCCCCCC(C)(C)OCc1ccc(Br)cc1F. The van der Waals surface area contributed by atoms with Crippen LogP contribution in [-0.4, -0.2) is 5.60 Å². The zero-order valence-electron chi connectivity index (χ0n) is 23.1. The Balaban J connectivity index is 2.28. The van der Waals surface area contributed by atoms with E-state index in [2.05, 4.69) is 50.5 Å². The number of hydrogen-bond acceptors (Lipinski definition) is 1. The molecule has 34 heavy (non-hydrogen) atoms. The maximum absolute atomic E-state index is 14.0. The third-order valence-corrected chi connectivity index (χ3v) is 8.04. The predicted octanol–water partition coefficient (Wildman–Crippen LogP) is 11.6. The Bertz CT molecular complexity index is 621. The molecule has 1 aromatic carbocycles. The minimum absolute atomic E-state index is 0.201. The zero-order valence-corrected chi connectivity index (χ0v) is 24.7. The molecular formula is C31H54BrFO. The Hall–Kier alpha value is -0.410. The van der Waals surface area contributed by atoms with E-state index in [4.69, 9.17) is 4.74 Å². The molecule has 0 aromatic heterocycles. The van der Waals surface area contributed by atoms with E-state index in [-0.39, 0.29) is 11.4 Å². The summed E-state index contributed by atoms with van der Waals surface area (Å²) in [6, 6.07) is 5.18. The van der Waals surface area contributed by atoms with Crippen molar-refractivity contribution >= 4 is 15.9 Å². The molecule has 0 N–H and O–H groups in total. The summed E-state index contributed by atoms with van der Waals surface area (Å²) in [5, 5.41) is 0. The summed E-state index contributed by atoms with van der Waals surface area (Å²) < 4.78 is 20.9. The maximum Gasteiger partial charge on any atom is 0.129 e. The molecule has 3 heteroatoms. The van der Waals surface area contributed by atoms with Gasteiger partial charge in [-0.1, -0.05) is 120 Å². The van der Waals surface area contributed by atoms with E-state index < -0.39 is 0 Å². The van der Waals surface area contributed by atoms with Gasteiger partial charge < -0.3 is 4.74 Å². The van der Waals surface area contributed by atoms with Gasteiger partial charge in [0.2, 0.25) is 0 Å². The molecule has 1 rings (SSSR count). The molecule has 0 saturated heterocycles. The number of rotatable bonds is 21. The van der Waals surface area contributed by atoms with Crippen molar-refractivity contribution in [1.29, 1.82) is 0 Å². The molecule has 0 amide bonds. The molecule has 198 valence electrons. The quantitative estimate of drug-likeness (QED) is 0.141. The molecule has 1 nitrogen and oxygen atoms in total. The van der Waals surface area contributed by atoms with Gasteiger partial charge in [-0.05, 0) is 63.5 Å². The van der Waals surface area contributed by atoms with Crippen molar-refractivity contribution in [2.24, 2.45) is 5.41 Å². The van der Waals surface area contributed by atoms with Crippen LogP contribution in [0.1, 0.15) is 149 Å². The number of benzene rings is 1. The van der Waals surface area contributed by atoms with Gasteiger partial charge in [0, 0.05) is 10.0 Å². The molecule has 0 spiro atoms. The summed E-state index contributed by atoms with van der Waals surface area (Å²) in [6.45, 7) is 11.6. The monoisotopic (exact) mass is 540 g/mol. The smallest absolute Gasteiger partial charge is 0.129 e. The minimum atomic E-state index is -0.211. The highest BCUT2D eigenvalue weighted by atomic mass is 79.9. The van der Waals surface area contributed by atoms with E-state index in [0.717, 1.165) is 10.9 Å². The molecular weight excluding hydrogens is 487 g/mol. The molecule has 0 aliphatic carbocycles. The largest absolute Gasteiger partial charge is 0.371 e. The van der Waals surface area contributed by atoms with Crippen molar-refractivity contribution in [2.45, 2.75) is 156 Å². The van der Waals surface area contributed by atoms with Crippen LogP contribution < -0.4 is 0 Å². The Morgan fingerprint density at radius 2 is 1.18 bits per heavy atom. The number of ether oxygens (including phenoxy) is 1. The number of halogens is 2. The second-order valence-electron chi connectivity index (χ2n) is 11.2. The normalized spacial score (nSPS) is 12.4. The van der Waals surface area contributed by atoms with Crippen molar-refractivity contribution in [3.05, 3.63) is 34.1 Å². The molecule has 0 saturated carbocycles. The highest BCUT2D eigenvalue weighted by Gasteiger charge is 2.27. The summed E-state index contributed by atoms with van der Waals surface area (Å²) >= 11 is 3.31. The average Bonchev–Trinajstić information content (AvgIpc) is 2.80. The lowest BCUT2D eigenvalue weighted by Gasteiger charge is -2.35. The minimum Gasteiger partial charge on any atom is -0.371 e. The van der Waals surface area contributed by atoms with Crippen LogP contribution in [0.5, 0.6) is 0 Å². The van der Waals surface area contributed by atoms with Crippen LogP contribution in [-0.2, 0) is 11.3 Å². The average molecular weight is 542 g/mol. The summed E-state index contributed by atoms with van der Waals surface area (Å²) in [6.07, 6.45) is 22.9. The fourth-order valence-corrected chi connectivity index (χ4v) is 5.48. The van der Waals surface area contributed by atoms with Gasteiger partial charge in [-0.25, -0.2) is 4.39 Å². The van der Waals surface area contributed by atoms with Gasteiger partial charge in [-0.15, -0.1) is 0 Å². The van der Waals surface area contributed by atoms with Crippen molar-refractivity contribution < 1.29 is 9.13 Å². The van der Waals surface area contributed by atoms with Crippen LogP contribution in [0, 0.1) is 11.2 Å². The van der Waals surface area contributed by atoms with Gasteiger partial charge in [0.15, 0.2) is 0 Å². The standard InChI is InChI=1S/C31H54BrFO/c1-6-9-21-31(22-10-7-2,23-11-8-3)24-17-15-13-12-14-16-20-30(4,5)34-26-27-18-19-28(32)25-29(27)33/h18-19,25H,6-17,20-24,26H2,1-5H3. The third-order valence-electron chi connectivity index (χ3n) is 7.55. The second-order valence-corrected chi connectivity index (χ2v) is 12.1. The van der Waals surface area contributed by atoms with E-state index >= 15 is 0 Å². The Morgan fingerprint density at radius 1 is 0.706 bits per heavy atom. The van der Waals surface area contributed by atoms with Crippen LogP contribution in [0.3, 0.4) is 0 Å². The molecule has 0 unspecified atom stereocenters. The molecule has 0 bridgehead atoms. The third kappa shape index (κ3) is 13.6. The Kier molecular flexibility index (Phi) is 16.7. The predicted molar refractivity (Wildman–Crippen MR) is 151 cm³/mol. The van der Waals surface area contributed by atoms with Gasteiger partial charge in [0.1, 0.15) is 5.82 Å². The lowest BCUT2D eigenvalue weighted by molar-refractivity contribution is -0.0374. The van der Waals surface area contributed by atoms with Crippen LogP contribution in [0.4, 0.5) is 4.39 Å². The first-order valence-electron chi connectivity index (χ1n) is 14.4. The van der Waals surface area contributed by atoms with Crippen molar-refractivity contribution in [3.63, 3.8) is 0 Å².